The molecule has 1 N–H and O–H groups in total. The summed E-state index contributed by atoms with van der Waals surface area (Å²) in [6.45, 7) is 1.87. The number of rotatable bonds is 4. The predicted molar refractivity (Wildman–Crippen MR) is 77.6 cm³/mol. The molecule has 0 aliphatic rings. The van der Waals surface area contributed by atoms with Gasteiger partial charge in [0.05, 0.1) is 0 Å². The van der Waals surface area contributed by atoms with Crippen molar-refractivity contribution in [3.05, 3.63) is 47.0 Å². The van der Waals surface area contributed by atoms with E-state index in [1.54, 1.807) is 6.20 Å². The van der Waals surface area contributed by atoms with Crippen LogP contribution in [0.3, 0.4) is 0 Å². The van der Waals surface area contributed by atoms with Gasteiger partial charge in [-0.3, -0.25) is 10.1 Å². The molecule has 4 nitrogen and oxygen atoms in total. The van der Waals surface area contributed by atoms with E-state index in [1.165, 1.54) is 47.8 Å². The zero-order valence-corrected chi connectivity index (χ0v) is 12.2. The quantitative estimate of drug-likeness (QED) is 0.863. The largest absolute Gasteiger partial charge is 0.573 e. The maximum Gasteiger partial charge on any atom is 0.573 e. The maximum atomic E-state index is 12.0. The number of hydrogen-bond donors (Lipinski definition) is 1. The number of amides is 1. The predicted octanol–water partition coefficient (Wildman–Crippen LogP) is 4.00. The van der Waals surface area contributed by atoms with Crippen LogP contribution in [0, 0.1) is 6.92 Å². The number of alkyl halides is 3. The molecule has 1 amide bonds. The number of aryl methyl sites for hydroxylation is 1. The average Bonchev–Trinajstić information content (AvgIpc) is 2.81. The highest BCUT2D eigenvalue weighted by Gasteiger charge is 2.30. The molecular formula is C14H11F3N2O2S. The molecule has 0 saturated carbocycles. The van der Waals surface area contributed by atoms with Gasteiger partial charge in [-0.1, -0.05) is 12.1 Å². The normalized spacial score (nSPS) is 11.6. The molecule has 0 radical (unpaired) electrons. The Labute approximate surface area is 128 Å². The molecule has 0 unspecified atom stereocenters. The lowest BCUT2D eigenvalue weighted by Crippen LogP contribution is -2.16. The third kappa shape index (κ3) is 5.21. The number of carbonyl (C=O) groups is 1. The summed E-state index contributed by atoms with van der Waals surface area (Å²) in [7, 11) is 0. The first-order valence-corrected chi connectivity index (χ1v) is 6.91. The van der Waals surface area contributed by atoms with Crippen LogP contribution < -0.4 is 10.1 Å². The highest BCUT2D eigenvalue weighted by atomic mass is 32.1. The van der Waals surface area contributed by atoms with Gasteiger partial charge in [0.2, 0.25) is 5.91 Å². The number of anilines is 1. The maximum absolute atomic E-state index is 12.0. The number of ether oxygens (including phenoxy) is 1. The van der Waals surface area contributed by atoms with Crippen LogP contribution in [0.25, 0.3) is 6.08 Å². The Morgan fingerprint density at radius 2 is 2.00 bits per heavy atom. The van der Waals surface area contributed by atoms with Gasteiger partial charge < -0.3 is 4.74 Å². The molecule has 2 aromatic rings. The second-order valence-corrected chi connectivity index (χ2v) is 5.45. The number of thiazole rings is 1. The molecule has 1 heterocycles. The van der Waals surface area contributed by atoms with Gasteiger partial charge in [0.25, 0.3) is 0 Å². The van der Waals surface area contributed by atoms with E-state index >= 15 is 0 Å². The summed E-state index contributed by atoms with van der Waals surface area (Å²) >= 11 is 1.34. The van der Waals surface area contributed by atoms with Crippen molar-refractivity contribution in [3.63, 3.8) is 0 Å². The molecular weight excluding hydrogens is 317 g/mol. The lowest BCUT2D eigenvalue weighted by molar-refractivity contribution is -0.274. The number of aromatic nitrogens is 1. The second-order valence-electron chi connectivity index (χ2n) is 4.22. The van der Waals surface area contributed by atoms with Crippen molar-refractivity contribution in [3.8, 4) is 5.75 Å². The summed E-state index contributed by atoms with van der Waals surface area (Å²) in [6, 6.07) is 5.18. The number of benzene rings is 1. The van der Waals surface area contributed by atoms with Crippen LogP contribution in [0.2, 0.25) is 0 Å². The van der Waals surface area contributed by atoms with Crippen molar-refractivity contribution < 1.29 is 22.7 Å². The third-order valence-electron chi connectivity index (χ3n) is 2.39. The van der Waals surface area contributed by atoms with E-state index in [2.05, 4.69) is 15.0 Å². The van der Waals surface area contributed by atoms with Crippen molar-refractivity contribution in [1.82, 2.24) is 4.98 Å². The molecule has 0 aliphatic heterocycles. The highest BCUT2D eigenvalue weighted by Crippen LogP contribution is 2.23. The highest BCUT2D eigenvalue weighted by molar-refractivity contribution is 7.15. The lowest BCUT2D eigenvalue weighted by atomic mass is 10.2. The molecule has 22 heavy (non-hydrogen) atoms. The van der Waals surface area contributed by atoms with E-state index < -0.39 is 6.36 Å². The van der Waals surface area contributed by atoms with Crippen molar-refractivity contribution >= 4 is 28.5 Å². The lowest BCUT2D eigenvalue weighted by Gasteiger charge is -2.08. The van der Waals surface area contributed by atoms with Gasteiger partial charge in [-0.25, -0.2) is 4.98 Å². The molecule has 1 aromatic heterocycles. The van der Waals surface area contributed by atoms with Gasteiger partial charge in [-0.15, -0.1) is 24.5 Å². The molecule has 0 atom stereocenters. The van der Waals surface area contributed by atoms with E-state index in [-0.39, 0.29) is 11.7 Å². The minimum atomic E-state index is -4.72. The van der Waals surface area contributed by atoms with Gasteiger partial charge in [0.1, 0.15) is 5.75 Å². The van der Waals surface area contributed by atoms with Crippen LogP contribution in [0.1, 0.15) is 10.4 Å². The monoisotopic (exact) mass is 328 g/mol. The van der Waals surface area contributed by atoms with Gasteiger partial charge in [0.15, 0.2) is 5.13 Å². The minimum absolute atomic E-state index is 0.313. The summed E-state index contributed by atoms with van der Waals surface area (Å²) in [5, 5.41) is 3.07. The van der Waals surface area contributed by atoms with E-state index in [1.807, 2.05) is 6.92 Å². The molecule has 0 aliphatic carbocycles. The zero-order valence-electron chi connectivity index (χ0n) is 11.3. The average molecular weight is 328 g/mol. The van der Waals surface area contributed by atoms with Crippen LogP contribution >= 0.6 is 11.3 Å². The Morgan fingerprint density at radius 3 is 2.55 bits per heavy atom. The number of nitrogens with zero attached hydrogens (tertiary/aromatic N) is 1. The van der Waals surface area contributed by atoms with Gasteiger partial charge in [-0.2, -0.15) is 0 Å². The number of nitrogens with one attached hydrogen (secondary N) is 1. The fourth-order valence-electron chi connectivity index (χ4n) is 1.51. The molecule has 0 spiro atoms. The van der Waals surface area contributed by atoms with E-state index in [0.717, 1.165) is 4.88 Å². The first-order chi connectivity index (χ1) is 10.3. The number of hydrogen-bond acceptors (Lipinski definition) is 4. The van der Waals surface area contributed by atoms with Crippen LogP contribution in [0.5, 0.6) is 5.75 Å². The third-order valence-corrected chi connectivity index (χ3v) is 3.22. The molecule has 116 valence electrons. The number of carbonyl (C=O) groups excluding carboxylic acids is 1. The topological polar surface area (TPSA) is 51.2 Å². The van der Waals surface area contributed by atoms with Crippen LogP contribution in [0.4, 0.5) is 18.3 Å². The SMILES string of the molecule is Cc1cnc(NC(=O)/C=C/c2ccc(OC(F)(F)F)cc2)s1. The Kier molecular flexibility index (Phi) is 4.81. The number of halogens is 3. The Hall–Kier alpha value is -2.35. The molecule has 1 aromatic carbocycles. The molecule has 0 bridgehead atoms. The fourth-order valence-corrected chi connectivity index (χ4v) is 2.18. The van der Waals surface area contributed by atoms with Gasteiger partial charge in [0, 0.05) is 17.2 Å². The zero-order chi connectivity index (χ0) is 16.2. The van der Waals surface area contributed by atoms with E-state index in [0.29, 0.717) is 10.7 Å². The smallest absolute Gasteiger partial charge is 0.406 e. The van der Waals surface area contributed by atoms with Crippen LogP contribution in [-0.4, -0.2) is 17.3 Å². The Morgan fingerprint density at radius 1 is 1.32 bits per heavy atom. The summed E-state index contributed by atoms with van der Waals surface area (Å²) in [5.41, 5.74) is 0.569. The van der Waals surface area contributed by atoms with Gasteiger partial charge >= 0.3 is 6.36 Å². The molecule has 8 heteroatoms. The van der Waals surface area contributed by atoms with Crippen molar-refractivity contribution in [1.29, 1.82) is 0 Å². The Bertz CT molecular complexity index is 678. The van der Waals surface area contributed by atoms with Gasteiger partial charge in [-0.05, 0) is 30.7 Å². The van der Waals surface area contributed by atoms with Crippen molar-refractivity contribution in [2.75, 3.05) is 5.32 Å². The van der Waals surface area contributed by atoms with E-state index in [9.17, 15) is 18.0 Å². The molecule has 0 fully saturated rings. The first kappa shape index (κ1) is 16.0. The van der Waals surface area contributed by atoms with Crippen LogP contribution in [-0.2, 0) is 4.79 Å². The van der Waals surface area contributed by atoms with Crippen molar-refractivity contribution in [2.45, 2.75) is 13.3 Å². The molecule has 0 saturated heterocycles. The summed E-state index contributed by atoms with van der Waals surface area (Å²) < 4.78 is 39.8. The van der Waals surface area contributed by atoms with Crippen LogP contribution in [0.15, 0.2) is 36.5 Å². The summed E-state index contributed by atoms with van der Waals surface area (Å²) in [4.78, 5) is 16.6. The Balaban J connectivity index is 1.93. The minimum Gasteiger partial charge on any atom is -0.406 e. The summed E-state index contributed by atoms with van der Waals surface area (Å²) in [6.07, 6.45) is -0.323. The molecule has 2 rings (SSSR count). The summed E-state index contributed by atoms with van der Waals surface area (Å²) in [5.74, 6) is -0.683. The first-order valence-electron chi connectivity index (χ1n) is 6.09. The fraction of sp³-hybridized carbons (Fsp3) is 0.143. The second kappa shape index (κ2) is 6.61. The van der Waals surface area contributed by atoms with E-state index in [4.69, 9.17) is 0 Å². The van der Waals surface area contributed by atoms with Crippen molar-refractivity contribution in [2.24, 2.45) is 0 Å². The standard InChI is InChI=1S/C14H11F3N2O2S/c1-9-8-18-13(22-9)19-12(20)7-4-10-2-5-11(6-3-10)21-14(15,16)17/h2-8H,1H3,(H,18,19,20)/b7-4+.